The minimum absolute atomic E-state index is 0.0116. The maximum absolute atomic E-state index is 12.6. The molecule has 2 heterocycles. The van der Waals surface area contributed by atoms with Gasteiger partial charge in [0.2, 0.25) is 0 Å². The first kappa shape index (κ1) is 21.0. The van der Waals surface area contributed by atoms with Crippen molar-refractivity contribution in [3.63, 3.8) is 0 Å². The number of hydrogen-bond acceptors (Lipinski definition) is 5. The molecule has 0 N–H and O–H groups in total. The van der Waals surface area contributed by atoms with Crippen molar-refractivity contribution < 1.29 is 14.3 Å². The van der Waals surface area contributed by atoms with Gasteiger partial charge in [-0.3, -0.25) is 14.3 Å². The minimum atomic E-state index is -0.424. The van der Waals surface area contributed by atoms with E-state index >= 15 is 0 Å². The number of fused-ring (bicyclic) bond motifs is 1. The van der Waals surface area contributed by atoms with Crippen molar-refractivity contribution in [2.45, 2.75) is 53.1 Å². The molecule has 3 aromatic rings. The van der Waals surface area contributed by atoms with Crippen molar-refractivity contribution in [1.82, 2.24) is 14.3 Å². The van der Waals surface area contributed by atoms with Gasteiger partial charge in [-0.15, -0.1) is 0 Å². The quantitative estimate of drug-likeness (QED) is 0.528. The van der Waals surface area contributed by atoms with Crippen LogP contribution in [-0.2, 0) is 29.0 Å². The van der Waals surface area contributed by atoms with Crippen LogP contribution in [-0.4, -0.2) is 32.8 Å². The van der Waals surface area contributed by atoms with Gasteiger partial charge in [-0.05, 0) is 50.5 Å². The maximum atomic E-state index is 12.6. The lowest BCUT2D eigenvalue weighted by Gasteiger charge is -2.06. The zero-order chi connectivity index (χ0) is 20.8. The Hall–Kier alpha value is -2.74. The van der Waals surface area contributed by atoms with Crippen LogP contribution < -0.4 is 4.80 Å². The van der Waals surface area contributed by atoms with E-state index in [0.717, 1.165) is 29.5 Å². The summed E-state index contributed by atoms with van der Waals surface area (Å²) < 4.78 is 9.53. The van der Waals surface area contributed by atoms with Crippen molar-refractivity contribution in [3.05, 3.63) is 46.5 Å². The molecule has 0 aliphatic rings. The molecule has 7 nitrogen and oxygen atoms in total. The number of carbonyl (C=O) groups excluding carboxylic acids is 2. The Labute approximate surface area is 173 Å². The summed E-state index contributed by atoms with van der Waals surface area (Å²) in [4.78, 5) is 29.5. The number of rotatable bonds is 8. The predicted octanol–water partition coefficient (Wildman–Crippen LogP) is 3.57. The fourth-order valence-electron chi connectivity index (χ4n) is 3.02. The molecule has 0 fully saturated rings. The number of ether oxygens (including phenoxy) is 1. The predicted molar refractivity (Wildman–Crippen MR) is 113 cm³/mol. The molecule has 154 valence electrons. The van der Waals surface area contributed by atoms with Crippen molar-refractivity contribution in [2.75, 3.05) is 6.61 Å². The Balaban J connectivity index is 2.04. The number of nitrogens with zero attached hydrogens (tertiary/aromatic N) is 4. The summed E-state index contributed by atoms with van der Waals surface area (Å²) in [7, 11) is 0. The standard InChI is InChI=1S/C21H26N4O3S/c1-4-7-8-15-9-10-17-18(13-15)29-21(25(17)14-19(26)28-6-3)22-20(27)16-11-12-24(5-2)23-16/h9-13H,4-8,14H2,1-3H3. The Morgan fingerprint density at radius 3 is 2.72 bits per heavy atom. The summed E-state index contributed by atoms with van der Waals surface area (Å²) in [5.41, 5.74) is 2.40. The third kappa shape index (κ3) is 5.00. The zero-order valence-electron chi connectivity index (χ0n) is 17.1. The van der Waals surface area contributed by atoms with Crippen molar-refractivity contribution >= 4 is 33.4 Å². The molecule has 3 rings (SSSR count). The number of unbranched alkanes of at least 4 members (excludes halogenated alkanes) is 1. The van der Waals surface area contributed by atoms with Gasteiger partial charge in [0.25, 0.3) is 5.91 Å². The van der Waals surface area contributed by atoms with Crippen molar-refractivity contribution in [1.29, 1.82) is 0 Å². The van der Waals surface area contributed by atoms with Gasteiger partial charge < -0.3 is 9.30 Å². The molecule has 0 spiro atoms. The average Bonchev–Trinajstić information content (AvgIpc) is 3.31. The number of amides is 1. The molecule has 29 heavy (non-hydrogen) atoms. The van der Waals surface area contributed by atoms with Crippen LogP contribution in [0, 0.1) is 0 Å². The van der Waals surface area contributed by atoms with Gasteiger partial charge >= 0.3 is 5.97 Å². The molecule has 1 amide bonds. The SMILES string of the molecule is CCCCc1ccc2c(c1)sc(=NC(=O)c1ccn(CC)n1)n2CC(=O)OCC. The topological polar surface area (TPSA) is 78.5 Å². The van der Waals surface area contributed by atoms with Crippen LogP contribution in [0.1, 0.15) is 49.7 Å². The number of aryl methyl sites for hydroxylation is 2. The number of esters is 1. The highest BCUT2D eigenvalue weighted by Crippen LogP contribution is 2.21. The third-order valence-electron chi connectivity index (χ3n) is 4.54. The molecular formula is C21H26N4O3S. The largest absolute Gasteiger partial charge is 0.465 e. The number of benzene rings is 1. The first-order valence-electron chi connectivity index (χ1n) is 9.96. The Bertz CT molecular complexity index is 1080. The Morgan fingerprint density at radius 2 is 2.03 bits per heavy atom. The molecule has 0 bridgehead atoms. The van der Waals surface area contributed by atoms with Gasteiger partial charge in [0, 0.05) is 12.7 Å². The second-order valence-electron chi connectivity index (χ2n) is 6.66. The van der Waals surface area contributed by atoms with E-state index < -0.39 is 5.91 Å². The lowest BCUT2D eigenvalue weighted by Crippen LogP contribution is -2.23. The highest BCUT2D eigenvalue weighted by atomic mass is 32.1. The fourth-order valence-corrected chi connectivity index (χ4v) is 4.12. The van der Waals surface area contributed by atoms with Crippen LogP contribution in [0.5, 0.6) is 0 Å². The van der Waals surface area contributed by atoms with Gasteiger partial charge in [0.1, 0.15) is 6.54 Å². The summed E-state index contributed by atoms with van der Waals surface area (Å²) in [5.74, 6) is -0.779. The molecule has 0 unspecified atom stereocenters. The van der Waals surface area contributed by atoms with Crippen molar-refractivity contribution in [3.8, 4) is 0 Å². The van der Waals surface area contributed by atoms with Gasteiger partial charge in [0.05, 0.1) is 16.8 Å². The summed E-state index contributed by atoms with van der Waals surface area (Å²) in [6.45, 7) is 6.89. The lowest BCUT2D eigenvalue weighted by atomic mass is 10.1. The van der Waals surface area contributed by atoms with E-state index in [1.807, 2.05) is 13.0 Å². The fraction of sp³-hybridized carbons (Fsp3) is 0.429. The van der Waals surface area contributed by atoms with Gasteiger partial charge in [-0.2, -0.15) is 10.1 Å². The van der Waals surface area contributed by atoms with Gasteiger partial charge in [-0.1, -0.05) is 30.7 Å². The van der Waals surface area contributed by atoms with Crippen LogP contribution in [0.15, 0.2) is 35.5 Å². The van der Waals surface area contributed by atoms with Gasteiger partial charge in [-0.25, -0.2) is 0 Å². The smallest absolute Gasteiger partial charge is 0.326 e. The monoisotopic (exact) mass is 414 g/mol. The average molecular weight is 415 g/mol. The molecule has 1 aromatic carbocycles. The van der Waals surface area contributed by atoms with E-state index in [0.29, 0.717) is 18.0 Å². The molecule has 0 aliphatic heterocycles. The molecule has 0 radical (unpaired) electrons. The molecule has 2 aromatic heterocycles. The van der Waals surface area contributed by atoms with E-state index in [1.54, 1.807) is 28.4 Å². The van der Waals surface area contributed by atoms with Gasteiger partial charge in [0.15, 0.2) is 10.5 Å². The van der Waals surface area contributed by atoms with Crippen LogP contribution in [0.25, 0.3) is 10.2 Å². The first-order valence-corrected chi connectivity index (χ1v) is 10.8. The van der Waals surface area contributed by atoms with Crippen LogP contribution in [0.2, 0.25) is 0 Å². The molecule has 0 saturated heterocycles. The Morgan fingerprint density at radius 1 is 1.21 bits per heavy atom. The second kappa shape index (κ2) is 9.65. The van der Waals surface area contributed by atoms with Crippen LogP contribution in [0.4, 0.5) is 0 Å². The highest BCUT2D eigenvalue weighted by molar-refractivity contribution is 7.16. The summed E-state index contributed by atoms with van der Waals surface area (Å²) in [6, 6.07) is 7.83. The van der Waals surface area contributed by atoms with E-state index in [-0.39, 0.29) is 18.2 Å². The highest BCUT2D eigenvalue weighted by Gasteiger charge is 2.14. The van der Waals surface area contributed by atoms with Crippen molar-refractivity contribution in [2.24, 2.45) is 4.99 Å². The maximum Gasteiger partial charge on any atom is 0.326 e. The number of thiazole rings is 1. The summed E-state index contributed by atoms with van der Waals surface area (Å²) in [6.07, 6.45) is 5.00. The van der Waals surface area contributed by atoms with Crippen LogP contribution >= 0.6 is 11.3 Å². The first-order chi connectivity index (χ1) is 14.0. The molecule has 8 heteroatoms. The second-order valence-corrected chi connectivity index (χ2v) is 7.66. The molecule has 0 atom stereocenters. The third-order valence-corrected chi connectivity index (χ3v) is 5.58. The van der Waals surface area contributed by atoms with E-state index in [2.05, 4.69) is 29.1 Å². The van der Waals surface area contributed by atoms with E-state index in [9.17, 15) is 9.59 Å². The minimum Gasteiger partial charge on any atom is -0.465 e. The van der Waals surface area contributed by atoms with E-state index in [1.165, 1.54) is 16.9 Å². The number of hydrogen-bond donors (Lipinski definition) is 0. The Kier molecular flexibility index (Phi) is 6.98. The summed E-state index contributed by atoms with van der Waals surface area (Å²) >= 11 is 1.40. The normalized spacial score (nSPS) is 11.9. The molecular weight excluding hydrogens is 388 g/mol. The molecule has 0 aliphatic carbocycles. The summed E-state index contributed by atoms with van der Waals surface area (Å²) in [5, 5.41) is 4.22. The zero-order valence-corrected chi connectivity index (χ0v) is 17.9. The molecule has 0 saturated carbocycles. The number of carbonyl (C=O) groups is 2. The number of aromatic nitrogens is 3. The van der Waals surface area contributed by atoms with E-state index in [4.69, 9.17) is 4.74 Å². The lowest BCUT2D eigenvalue weighted by molar-refractivity contribution is -0.143. The van der Waals surface area contributed by atoms with Crippen LogP contribution in [0.3, 0.4) is 0 Å².